The second-order valence-electron chi connectivity index (χ2n) is 27.4. The van der Waals surface area contributed by atoms with Crippen LogP contribution in [-0.2, 0) is 9.31 Å². The molecule has 0 saturated carbocycles. The molecule has 0 N–H and O–H groups in total. The second kappa shape index (κ2) is 28.6. The molecule has 5 heterocycles. The van der Waals surface area contributed by atoms with Gasteiger partial charge in [-0.15, -0.1) is 0 Å². The Balaban J connectivity index is 0.000000124. The molecule has 12 heteroatoms. The minimum atomic E-state index is -0.483. The average Bonchev–Trinajstić information content (AvgIpc) is 1.37. The Bertz CT molecular complexity index is 6240. The van der Waals surface area contributed by atoms with Crippen LogP contribution < -0.4 is 5.59 Å². The molecule has 4 aromatic heterocycles. The monoisotopic (exact) mass is 1430 g/mol. The molecule has 1 saturated heterocycles. The van der Waals surface area contributed by atoms with E-state index in [0.717, 1.165) is 98.4 Å². The van der Waals surface area contributed by atoms with Gasteiger partial charge in [-0.2, -0.15) is 0 Å². The van der Waals surface area contributed by atoms with E-state index in [4.69, 9.17) is 49.2 Å². The van der Waals surface area contributed by atoms with E-state index in [-0.39, 0.29) is 0 Å². The summed E-state index contributed by atoms with van der Waals surface area (Å²) in [7, 11) is -0.483. The van der Waals surface area contributed by atoms with Gasteiger partial charge in [-0.25, -0.2) is 34.9 Å². The van der Waals surface area contributed by atoms with Crippen molar-refractivity contribution in [2.24, 2.45) is 0 Å². The lowest BCUT2D eigenvalue weighted by molar-refractivity contribution is 0.00578. The normalized spacial score (nSPS) is 13.0. The third kappa shape index (κ3) is 13.6. The number of benzene rings is 14. The fourth-order valence-corrected chi connectivity index (χ4v) is 13.9. The minimum Gasteiger partial charge on any atom is -0.398 e. The molecule has 1 aliphatic heterocycles. The van der Waals surface area contributed by atoms with Crippen molar-refractivity contribution in [2.75, 3.05) is 0 Å². The van der Waals surface area contributed by atoms with Crippen LogP contribution in [0.2, 0.25) is 0 Å². The second-order valence-corrected chi connectivity index (χ2v) is 28.3. The molecule has 506 valence electrons. The maximum absolute atomic E-state index is 6.33. The molecule has 0 aliphatic carbocycles. The van der Waals surface area contributed by atoms with Crippen molar-refractivity contribution < 1.29 is 9.31 Å². The molecule has 1 fully saturated rings. The number of hydrogen-bond donors (Lipinski definition) is 0. The summed E-state index contributed by atoms with van der Waals surface area (Å²) >= 11 is 3.49. The number of para-hydroxylation sites is 2. The van der Waals surface area contributed by atoms with Crippen molar-refractivity contribution in [3.8, 4) is 102 Å². The van der Waals surface area contributed by atoms with Gasteiger partial charge in [0, 0.05) is 65.0 Å². The zero-order valence-electron chi connectivity index (χ0n) is 58.7. The van der Waals surface area contributed by atoms with Crippen LogP contribution in [0.1, 0.15) is 27.7 Å². The highest BCUT2D eigenvalue weighted by Gasteiger charge is 2.53. The van der Waals surface area contributed by atoms with Gasteiger partial charge in [-0.3, -0.25) is 4.98 Å². The first-order valence-electron chi connectivity index (χ1n) is 35.5. The number of halogens is 1. The van der Waals surface area contributed by atoms with Crippen molar-refractivity contribution in [3.05, 3.63) is 344 Å². The minimum absolute atomic E-state index is 0.395. The maximum atomic E-state index is 6.33. The third-order valence-corrected chi connectivity index (χ3v) is 20.5. The fourth-order valence-electron chi connectivity index (χ4n) is 13.6. The zero-order chi connectivity index (χ0) is 71.7. The summed E-state index contributed by atoms with van der Waals surface area (Å²) in [6.07, 6.45) is 0. The van der Waals surface area contributed by atoms with Gasteiger partial charge >= 0.3 is 7.12 Å². The maximum Gasteiger partial charge on any atom is 0.515 e. The summed E-state index contributed by atoms with van der Waals surface area (Å²) in [5, 5.41) is 11.7. The molecule has 19 rings (SSSR count). The first kappa shape index (κ1) is 66.7. The standard InChI is InChI=1S/C44H28N4.C27H18BrN3.C23H22BNO2/c1-3-11-29(12-4-1)30-19-23-33(24-20-30)43-46-42(32-13-5-2-6-14-32)47-44(48-43)34-25-21-31(22-26-34)41-39-28-36-16-8-7-15-35(36)27-38(39)37-17-9-10-18-40(37)45-41;28-24-17-15-23(16-18-24)27-30-25(21-9-5-2-6-10-21)29-26(31-27)22-13-11-20(12-14-22)19-7-3-1-4-8-19;1-22(2)23(3,4)27-24(26-22)21-19-14-16-10-6-5-9-15(16)13-18(19)17-11-7-8-12-20(17)25-21/h1-28H;1-18H;5-14H,1-4H3. The number of pyridine rings is 2. The van der Waals surface area contributed by atoms with Gasteiger partial charge in [0.05, 0.1) is 33.5 Å². The Morgan fingerprint density at radius 3 is 0.887 bits per heavy atom. The van der Waals surface area contributed by atoms with E-state index >= 15 is 0 Å². The van der Waals surface area contributed by atoms with Gasteiger partial charge in [0.1, 0.15) is 0 Å². The first-order valence-corrected chi connectivity index (χ1v) is 36.3. The van der Waals surface area contributed by atoms with Crippen molar-refractivity contribution in [3.63, 3.8) is 0 Å². The van der Waals surface area contributed by atoms with E-state index in [1.165, 1.54) is 43.4 Å². The van der Waals surface area contributed by atoms with E-state index in [9.17, 15) is 0 Å². The van der Waals surface area contributed by atoms with Crippen molar-refractivity contribution in [1.29, 1.82) is 0 Å². The zero-order valence-corrected chi connectivity index (χ0v) is 60.3. The third-order valence-electron chi connectivity index (χ3n) is 20.0. The molecular formula is C94H68BBrN8O2. The molecular weight excluding hydrogens is 1360 g/mol. The Kier molecular flexibility index (Phi) is 18.0. The molecule has 0 radical (unpaired) electrons. The molecule has 18 aromatic rings. The molecule has 0 spiro atoms. The van der Waals surface area contributed by atoms with Crippen LogP contribution in [0.15, 0.2) is 344 Å². The number of aromatic nitrogens is 8. The molecule has 14 aromatic carbocycles. The van der Waals surface area contributed by atoms with Gasteiger partial charge in [-0.1, -0.05) is 307 Å². The van der Waals surface area contributed by atoms with Crippen molar-refractivity contribution in [2.45, 2.75) is 38.9 Å². The lowest BCUT2D eigenvalue weighted by atomic mass is 9.79. The lowest BCUT2D eigenvalue weighted by Crippen LogP contribution is -2.41. The fraction of sp³-hybridized carbons (Fsp3) is 0.0638. The predicted octanol–water partition coefficient (Wildman–Crippen LogP) is 23.2. The molecule has 10 nitrogen and oxygen atoms in total. The summed E-state index contributed by atoms with van der Waals surface area (Å²) in [6, 6.07) is 117. The highest BCUT2D eigenvalue weighted by Crippen LogP contribution is 2.40. The molecule has 106 heavy (non-hydrogen) atoms. The highest BCUT2D eigenvalue weighted by atomic mass is 79.9. The lowest BCUT2D eigenvalue weighted by Gasteiger charge is -2.32. The van der Waals surface area contributed by atoms with Gasteiger partial charge < -0.3 is 9.31 Å². The van der Waals surface area contributed by atoms with Crippen molar-refractivity contribution >= 4 is 93.5 Å². The van der Waals surface area contributed by atoms with Gasteiger partial charge in [0.15, 0.2) is 34.9 Å². The van der Waals surface area contributed by atoms with Crippen LogP contribution in [0.3, 0.4) is 0 Å². The Morgan fingerprint density at radius 1 is 0.236 bits per heavy atom. The van der Waals surface area contributed by atoms with Crippen LogP contribution in [0, 0.1) is 0 Å². The smallest absolute Gasteiger partial charge is 0.398 e. The quantitative estimate of drug-likeness (QED) is 0.0743. The van der Waals surface area contributed by atoms with Crippen LogP contribution >= 0.6 is 15.9 Å². The van der Waals surface area contributed by atoms with Gasteiger partial charge in [0.25, 0.3) is 0 Å². The Hall–Kier alpha value is -12.6. The Labute approximate surface area is 623 Å². The van der Waals surface area contributed by atoms with E-state index in [1.54, 1.807) is 0 Å². The van der Waals surface area contributed by atoms with E-state index < -0.39 is 18.3 Å². The summed E-state index contributed by atoms with van der Waals surface area (Å²) in [5.74, 6) is 3.88. The topological polar surface area (TPSA) is 122 Å². The van der Waals surface area contributed by atoms with Crippen LogP contribution in [0.25, 0.3) is 167 Å². The van der Waals surface area contributed by atoms with E-state index in [2.05, 4.69) is 262 Å². The van der Waals surface area contributed by atoms with Gasteiger partial charge in [0.2, 0.25) is 0 Å². The summed E-state index contributed by atoms with van der Waals surface area (Å²) < 4.78 is 13.7. The number of rotatable bonds is 10. The van der Waals surface area contributed by atoms with Gasteiger partial charge in [-0.05, 0) is 131 Å². The van der Waals surface area contributed by atoms with Crippen molar-refractivity contribution in [1.82, 2.24) is 39.9 Å². The number of fused-ring (bicyclic) bond motifs is 8. The van der Waals surface area contributed by atoms with Crippen LogP contribution in [-0.4, -0.2) is 58.2 Å². The summed E-state index contributed by atoms with van der Waals surface area (Å²) in [4.78, 5) is 39.4. The molecule has 0 bridgehead atoms. The molecule has 1 aliphatic rings. The summed E-state index contributed by atoms with van der Waals surface area (Å²) in [5.41, 5.74) is 14.3. The van der Waals surface area contributed by atoms with E-state index in [0.29, 0.717) is 34.9 Å². The predicted molar refractivity (Wildman–Crippen MR) is 439 cm³/mol. The van der Waals surface area contributed by atoms with Crippen LogP contribution in [0.4, 0.5) is 0 Å². The molecule has 0 amide bonds. The number of hydrogen-bond acceptors (Lipinski definition) is 10. The largest absolute Gasteiger partial charge is 0.515 e. The molecule has 0 atom stereocenters. The highest BCUT2D eigenvalue weighted by molar-refractivity contribution is 9.10. The molecule has 0 unspecified atom stereocenters. The summed E-state index contributed by atoms with van der Waals surface area (Å²) in [6.45, 7) is 8.30. The van der Waals surface area contributed by atoms with Crippen LogP contribution in [0.5, 0.6) is 0 Å². The average molecular weight is 1430 g/mol. The number of nitrogens with zero attached hydrogens (tertiary/aromatic N) is 8. The first-order chi connectivity index (χ1) is 51.9. The van der Waals surface area contributed by atoms with E-state index in [1.807, 2.05) is 121 Å². The Morgan fingerprint density at radius 2 is 0.500 bits per heavy atom. The SMILES string of the molecule is Brc1ccc(-c2nc(-c3ccccc3)nc(-c3ccc(-c4ccccc4)cc3)n2)cc1.CC1(C)OB(c2nc3ccccc3c3cc4ccccc4cc23)OC1(C)C.c1ccc(-c2ccc(-c3nc(-c4ccccc4)nc(-c4ccc(-c5nc6ccccc6c6cc7ccccc7cc56)cc4)n3)cc2)cc1.